The van der Waals surface area contributed by atoms with E-state index in [1.807, 2.05) is 6.08 Å². The lowest BCUT2D eigenvalue weighted by Gasteiger charge is -2.10. The summed E-state index contributed by atoms with van der Waals surface area (Å²) in [6, 6.07) is 4.24. The molecule has 0 aliphatic rings. The van der Waals surface area contributed by atoms with Gasteiger partial charge in [0.25, 0.3) is 0 Å². The Labute approximate surface area is 79.8 Å². The maximum absolute atomic E-state index is 3.78. The van der Waals surface area contributed by atoms with Gasteiger partial charge < -0.3 is 5.32 Å². The van der Waals surface area contributed by atoms with Gasteiger partial charge in [-0.15, -0.1) is 0 Å². The van der Waals surface area contributed by atoms with Crippen molar-refractivity contribution in [1.29, 1.82) is 0 Å². The van der Waals surface area contributed by atoms with Gasteiger partial charge >= 0.3 is 0 Å². The Morgan fingerprint density at radius 1 is 1.23 bits per heavy atom. The largest absolute Gasteiger partial charge is 0.362 e. The van der Waals surface area contributed by atoms with Gasteiger partial charge in [-0.2, -0.15) is 0 Å². The molecule has 0 atom stereocenters. The smallest absolute Gasteiger partial charge is 0.0482 e. The fourth-order valence-corrected chi connectivity index (χ4v) is 1.46. The van der Waals surface area contributed by atoms with E-state index in [2.05, 4.69) is 44.5 Å². The highest BCUT2D eigenvalue weighted by Crippen LogP contribution is 2.23. The highest BCUT2D eigenvalue weighted by Gasteiger charge is 2.01. The van der Waals surface area contributed by atoms with E-state index in [1.54, 1.807) is 6.20 Å². The van der Waals surface area contributed by atoms with Gasteiger partial charge in [-0.25, -0.2) is 0 Å². The molecule has 0 aromatic heterocycles. The molecule has 0 saturated carbocycles. The van der Waals surface area contributed by atoms with Crippen LogP contribution in [0.25, 0.3) is 6.08 Å². The van der Waals surface area contributed by atoms with Crippen LogP contribution >= 0.6 is 0 Å². The van der Waals surface area contributed by atoms with Crippen LogP contribution in [0.5, 0.6) is 0 Å². The first-order chi connectivity index (χ1) is 6.19. The summed E-state index contributed by atoms with van der Waals surface area (Å²) in [5.74, 6) is 0. The summed E-state index contributed by atoms with van der Waals surface area (Å²) in [5, 5.41) is 3.12. The van der Waals surface area contributed by atoms with Crippen LogP contribution in [0.2, 0.25) is 0 Å². The van der Waals surface area contributed by atoms with E-state index in [9.17, 15) is 0 Å². The van der Waals surface area contributed by atoms with E-state index in [4.69, 9.17) is 0 Å². The molecule has 13 heavy (non-hydrogen) atoms. The predicted octanol–water partition coefficient (Wildman–Crippen LogP) is 3.50. The Morgan fingerprint density at radius 2 is 1.92 bits per heavy atom. The first-order valence-electron chi connectivity index (χ1n) is 4.30. The van der Waals surface area contributed by atoms with Crippen LogP contribution in [-0.2, 0) is 0 Å². The molecule has 0 aliphatic carbocycles. The molecule has 0 saturated heterocycles. The molecule has 0 aliphatic heterocycles. The van der Waals surface area contributed by atoms with Gasteiger partial charge in [0, 0.05) is 5.69 Å². The molecule has 0 spiro atoms. The minimum atomic E-state index is 1.09. The molecule has 1 N–H and O–H groups in total. The second kappa shape index (κ2) is 3.94. The number of benzene rings is 1. The molecule has 1 nitrogen and oxygen atoms in total. The van der Waals surface area contributed by atoms with Gasteiger partial charge in [0.05, 0.1) is 0 Å². The Balaban J connectivity index is 3.28. The van der Waals surface area contributed by atoms with E-state index in [0.29, 0.717) is 0 Å². The van der Waals surface area contributed by atoms with Crippen molar-refractivity contribution in [3.8, 4) is 0 Å². The van der Waals surface area contributed by atoms with E-state index in [1.165, 1.54) is 11.1 Å². The molecule has 1 rings (SSSR count). The van der Waals surface area contributed by atoms with Crippen molar-refractivity contribution >= 4 is 11.8 Å². The quantitative estimate of drug-likeness (QED) is 0.737. The van der Waals surface area contributed by atoms with Gasteiger partial charge in [-0.1, -0.05) is 30.9 Å². The monoisotopic (exact) mass is 173 g/mol. The summed E-state index contributed by atoms with van der Waals surface area (Å²) in [4.78, 5) is 0. The number of anilines is 1. The van der Waals surface area contributed by atoms with Crippen LogP contribution in [0.15, 0.2) is 31.5 Å². The molecular formula is C12H15N. The Morgan fingerprint density at radius 3 is 2.46 bits per heavy atom. The van der Waals surface area contributed by atoms with Gasteiger partial charge in [0.2, 0.25) is 0 Å². The number of rotatable bonds is 3. The minimum Gasteiger partial charge on any atom is -0.362 e. The SMILES string of the molecule is C=CNc1c(C)cc(C)cc1C=C. The Hall–Kier alpha value is -1.50. The van der Waals surface area contributed by atoms with Crippen molar-refractivity contribution in [2.24, 2.45) is 0 Å². The molecule has 0 unspecified atom stereocenters. The molecule has 1 aromatic carbocycles. The van der Waals surface area contributed by atoms with E-state index >= 15 is 0 Å². The third kappa shape index (κ3) is 2.00. The van der Waals surface area contributed by atoms with Gasteiger partial charge in [0.1, 0.15) is 0 Å². The average molecular weight is 173 g/mol. The molecule has 0 heterocycles. The zero-order valence-corrected chi connectivity index (χ0v) is 8.22. The number of hydrogen-bond acceptors (Lipinski definition) is 1. The van der Waals surface area contributed by atoms with Crippen LogP contribution in [0.1, 0.15) is 16.7 Å². The Kier molecular flexibility index (Phi) is 2.91. The van der Waals surface area contributed by atoms with Crippen molar-refractivity contribution in [2.75, 3.05) is 5.32 Å². The molecule has 0 radical (unpaired) electrons. The first-order valence-corrected chi connectivity index (χ1v) is 4.30. The predicted molar refractivity (Wildman–Crippen MR) is 59.8 cm³/mol. The van der Waals surface area contributed by atoms with Gasteiger partial charge in [0.15, 0.2) is 0 Å². The molecule has 0 amide bonds. The zero-order valence-electron chi connectivity index (χ0n) is 8.22. The van der Waals surface area contributed by atoms with E-state index in [0.717, 1.165) is 11.3 Å². The topological polar surface area (TPSA) is 12.0 Å². The summed E-state index contributed by atoms with van der Waals surface area (Å²) < 4.78 is 0. The maximum atomic E-state index is 3.78. The first kappa shape index (κ1) is 9.59. The highest BCUT2D eigenvalue weighted by molar-refractivity contribution is 5.70. The van der Waals surface area contributed by atoms with Crippen molar-refractivity contribution in [3.05, 3.63) is 48.2 Å². The van der Waals surface area contributed by atoms with Gasteiger partial charge in [-0.05, 0) is 37.2 Å². The second-order valence-corrected chi connectivity index (χ2v) is 3.10. The summed E-state index contributed by atoms with van der Waals surface area (Å²) >= 11 is 0. The van der Waals surface area contributed by atoms with Crippen LogP contribution in [0, 0.1) is 13.8 Å². The Bertz CT molecular complexity index is 337. The van der Waals surface area contributed by atoms with E-state index < -0.39 is 0 Å². The number of hydrogen-bond donors (Lipinski definition) is 1. The standard InChI is InChI=1S/C12H15N/c1-5-11-8-9(3)7-10(4)12(11)13-6-2/h5-8,13H,1-2H2,3-4H3. The third-order valence-corrected chi connectivity index (χ3v) is 1.98. The third-order valence-electron chi connectivity index (χ3n) is 1.98. The van der Waals surface area contributed by atoms with Crippen molar-refractivity contribution in [1.82, 2.24) is 0 Å². The molecule has 1 aromatic rings. The lowest BCUT2D eigenvalue weighted by Crippen LogP contribution is -1.94. The van der Waals surface area contributed by atoms with Crippen LogP contribution in [0.3, 0.4) is 0 Å². The lowest BCUT2D eigenvalue weighted by molar-refractivity contribution is 1.36. The van der Waals surface area contributed by atoms with Crippen molar-refractivity contribution < 1.29 is 0 Å². The molecule has 1 heteroatoms. The summed E-state index contributed by atoms with van der Waals surface area (Å²) in [6.45, 7) is 11.6. The normalized spacial score (nSPS) is 9.38. The maximum Gasteiger partial charge on any atom is 0.0482 e. The van der Waals surface area contributed by atoms with Crippen LogP contribution in [-0.4, -0.2) is 0 Å². The number of aryl methyl sites for hydroxylation is 2. The number of nitrogens with one attached hydrogen (secondary N) is 1. The molecule has 68 valence electrons. The van der Waals surface area contributed by atoms with Gasteiger partial charge in [-0.3, -0.25) is 0 Å². The van der Waals surface area contributed by atoms with Crippen molar-refractivity contribution in [2.45, 2.75) is 13.8 Å². The molecule has 0 fully saturated rings. The average Bonchev–Trinajstić information content (AvgIpc) is 2.09. The summed E-state index contributed by atoms with van der Waals surface area (Å²) in [6.07, 6.45) is 3.54. The van der Waals surface area contributed by atoms with Crippen molar-refractivity contribution in [3.63, 3.8) is 0 Å². The fraction of sp³-hybridized carbons (Fsp3) is 0.167. The highest BCUT2D eigenvalue weighted by atomic mass is 14.8. The molecule has 0 bridgehead atoms. The molecular weight excluding hydrogens is 158 g/mol. The second-order valence-electron chi connectivity index (χ2n) is 3.10. The fourth-order valence-electron chi connectivity index (χ4n) is 1.46. The summed E-state index contributed by atoms with van der Waals surface area (Å²) in [7, 11) is 0. The zero-order chi connectivity index (χ0) is 9.84. The van der Waals surface area contributed by atoms with Crippen LogP contribution < -0.4 is 5.32 Å². The minimum absolute atomic E-state index is 1.09. The summed E-state index contributed by atoms with van der Waals surface area (Å²) in [5.41, 5.74) is 4.69. The van der Waals surface area contributed by atoms with E-state index in [-0.39, 0.29) is 0 Å². The van der Waals surface area contributed by atoms with Crippen LogP contribution in [0.4, 0.5) is 5.69 Å². The lowest BCUT2D eigenvalue weighted by atomic mass is 10.0.